The predicted molar refractivity (Wildman–Crippen MR) is 114 cm³/mol. The molecule has 0 unspecified atom stereocenters. The molecule has 2 aromatic carbocycles. The van der Waals surface area contributed by atoms with Crippen LogP contribution in [0.25, 0.3) is 0 Å². The van der Waals surface area contributed by atoms with Gasteiger partial charge < -0.3 is 4.74 Å². The van der Waals surface area contributed by atoms with Crippen molar-refractivity contribution in [3.05, 3.63) is 94.6 Å². The van der Waals surface area contributed by atoms with Crippen LogP contribution in [0, 0.1) is 0 Å². The second-order valence-electron chi connectivity index (χ2n) is 6.64. The fourth-order valence-corrected chi connectivity index (χ4v) is 2.88. The minimum absolute atomic E-state index is 0.0715. The van der Waals surface area contributed by atoms with E-state index in [1.165, 1.54) is 5.57 Å². The third kappa shape index (κ3) is 6.82. The van der Waals surface area contributed by atoms with Gasteiger partial charge in [-0.05, 0) is 44.4 Å². The molecule has 0 aliphatic heterocycles. The fraction of sp³-hybridized carbons (Fsp3) is 0.250. The van der Waals surface area contributed by atoms with Crippen LogP contribution in [0.15, 0.2) is 77.9 Å². The van der Waals surface area contributed by atoms with E-state index in [0.29, 0.717) is 22.6 Å². The van der Waals surface area contributed by atoms with Crippen molar-refractivity contribution in [2.75, 3.05) is 12.5 Å². The van der Waals surface area contributed by atoms with Crippen LogP contribution in [0.3, 0.4) is 0 Å². The van der Waals surface area contributed by atoms with Crippen LogP contribution in [-0.2, 0) is 4.74 Å². The van der Waals surface area contributed by atoms with E-state index in [4.69, 9.17) is 16.3 Å². The minimum atomic E-state index is -0.398. The molecule has 3 nitrogen and oxygen atoms in total. The summed E-state index contributed by atoms with van der Waals surface area (Å²) in [7, 11) is 0. The molecule has 0 saturated heterocycles. The van der Waals surface area contributed by atoms with Crippen LogP contribution in [0.5, 0.6) is 0 Å². The molecule has 146 valence electrons. The number of halogens is 1. The standard InChI is InChI=1S/C24H25ClO3/c1-18(15-16-25)7-6-8-19(2)17-28-24(27)22-13-11-21(12-14-22)23(26)20-9-4-3-5-10-20/h3-5,8-15H,6-7,16-17H2,1-2H3/b18-15+,19-8+. The number of allylic oxidation sites excluding steroid dienone is 3. The number of carbonyl (C=O) groups is 2. The molecule has 4 heteroatoms. The summed E-state index contributed by atoms with van der Waals surface area (Å²) >= 11 is 5.67. The van der Waals surface area contributed by atoms with Crippen LogP contribution in [0.1, 0.15) is 53.0 Å². The van der Waals surface area contributed by atoms with Gasteiger partial charge in [-0.25, -0.2) is 4.79 Å². The van der Waals surface area contributed by atoms with Crippen molar-refractivity contribution in [1.29, 1.82) is 0 Å². The quantitative estimate of drug-likeness (QED) is 0.226. The Morgan fingerprint density at radius 1 is 0.857 bits per heavy atom. The summed E-state index contributed by atoms with van der Waals surface area (Å²) in [4.78, 5) is 24.6. The smallest absolute Gasteiger partial charge is 0.338 e. The Labute approximate surface area is 171 Å². The number of benzene rings is 2. The van der Waals surface area contributed by atoms with Crippen LogP contribution < -0.4 is 0 Å². The number of alkyl halides is 1. The molecular formula is C24H25ClO3. The van der Waals surface area contributed by atoms with Crippen molar-refractivity contribution in [2.45, 2.75) is 26.7 Å². The first-order valence-corrected chi connectivity index (χ1v) is 9.79. The Hall–Kier alpha value is -2.65. The number of ketones is 1. The zero-order valence-electron chi connectivity index (χ0n) is 16.3. The summed E-state index contributed by atoms with van der Waals surface area (Å²) < 4.78 is 5.35. The molecule has 0 N–H and O–H groups in total. The average molecular weight is 397 g/mol. The highest BCUT2D eigenvalue weighted by atomic mass is 35.5. The van der Waals surface area contributed by atoms with E-state index in [9.17, 15) is 9.59 Å². The van der Waals surface area contributed by atoms with E-state index in [1.54, 1.807) is 36.4 Å². The molecule has 0 amide bonds. The van der Waals surface area contributed by atoms with Crippen LogP contribution in [-0.4, -0.2) is 24.2 Å². The monoisotopic (exact) mass is 396 g/mol. The van der Waals surface area contributed by atoms with Crippen molar-refractivity contribution in [1.82, 2.24) is 0 Å². The number of carbonyl (C=O) groups excluding carboxylic acids is 2. The van der Waals surface area contributed by atoms with Crippen LogP contribution in [0.4, 0.5) is 0 Å². The third-order valence-corrected chi connectivity index (χ3v) is 4.46. The van der Waals surface area contributed by atoms with Gasteiger partial charge in [0.2, 0.25) is 0 Å². The molecule has 0 spiro atoms. The van der Waals surface area contributed by atoms with Crippen molar-refractivity contribution in [3.63, 3.8) is 0 Å². The fourth-order valence-electron chi connectivity index (χ4n) is 2.62. The maximum absolute atomic E-state index is 12.4. The van der Waals surface area contributed by atoms with E-state index in [1.807, 2.05) is 31.2 Å². The second-order valence-corrected chi connectivity index (χ2v) is 6.95. The van der Waals surface area contributed by atoms with Crippen molar-refractivity contribution in [2.24, 2.45) is 0 Å². The van der Waals surface area contributed by atoms with Crippen molar-refractivity contribution < 1.29 is 14.3 Å². The molecule has 0 aliphatic carbocycles. The number of hydrogen-bond donors (Lipinski definition) is 0. The number of ether oxygens (including phenoxy) is 1. The van der Waals surface area contributed by atoms with Gasteiger partial charge in [0.25, 0.3) is 0 Å². The SMILES string of the molecule is C/C(=C\CCl)CC/C=C(\C)COC(=O)c1ccc(C(=O)c2ccccc2)cc1. The molecule has 0 fully saturated rings. The average Bonchev–Trinajstić information content (AvgIpc) is 2.72. The zero-order valence-corrected chi connectivity index (χ0v) is 17.0. The summed E-state index contributed by atoms with van der Waals surface area (Å²) in [5, 5.41) is 0. The van der Waals surface area contributed by atoms with Gasteiger partial charge in [-0.15, -0.1) is 11.6 Å². The molecule has 0 radical (unpaired) electrons. The van der Waals surface area contributed by atoms with Gasteiger partial charge in [-0.2, -0.15) is 0 Å². The lowest BCUT2D eigenvalue weighted by Crippen LogP contribution is -2.08. The maximum atomic E-state index is 12.4. The van der Waals surface area contributed by atoms with Crippen molar-refractivity contribution >= 4 is 23.4 Å². The maximum Gasteiger partial charge on any atom is 0.338 e. The zero-order chi connectivity index (χ0) is 20.4. The highest BCUT2D eigenvalue weighted by Gasteiger charge is 2.11. The Bertz CT molecular complexity index is 849. The molecule has 0 atom stereocenters. The highest BCUT2D eigenvalue weighted by molar-refractivity contribution is 6.18. The summed E-state index contributed by atoms with van der Waals surface area (Å²) in [6.45, 7) is 4.25. The van der Waals surface area contributed by atoms with Gasteiger partial charge in [-0.1, -0.05) is 60.2 Å². The molecule has 0 saturated carbocycles. The van der Waals surface area contributed by atoms with Gasteiger partial charge in [-0.3, -0.25) is 4.79 Å². The summed E-state index contributed by atoms with van der Waals surface area (Å²) in [6, 6.07) is 15.6. The first-order valence-electron chi connectivity index (χ1n) is 9.25. The van der Waals surface area contributed by atoms with Crippen molar-refractivity contribution in [3.8, 4) is 0 Å². The molecule has 28 heavy (non-hydrogen) atoms. The Morgan fingerprint density at radius 3 is 2.11 bits per heavy atom. The normalized spacial score (nSPS) is 12.0. The van der Waals surface area contributed by atoms with Crippen LogP contribution >= 0.6 is 11.6 Å². The molecule has 0 aliphatic rings. The van der Waals surface area contributed by atoms with Gasteiger partial charge in [0.1, 0.15) is 6.61 Å². The number of hydrogen-bond acceptors (Lipinski definition) is 3. The Kier molecular flexibility index (Phi) is 8.70. The van der Waals surface area contributed by atoms with Gasteiger partial charge in [0.05, 0.1) is 5.56 Å². The predicted octanol–water partition coefficient (Wildman–Crippen LogP) is 5.99. The highest BCUT2D eigenvalue weighted by Crippen LogP contribution is 2.13. The second kappa shape index (κ2) is 11.3. The molecule has 0 bridgehead atoms. The molecule has 2 aromatic rings. The van der Waals surface area contributed by atoms with Gasteiger partial charge in [0, 0.05) is 17.0 Å². The first kappa shape index (κ1) is 21.6. The van der Waals surface area contributed by atoms with Gasteiger partial charge in [0.15, 0.2) is 5.78 Å². The summed E-state index contributed by atoms with van der Waals surface area (Å²) in [5.74, 6) is 0.0597. The Balaban J connectivity index is 1.87. The minimum Gasteiger partial charge on any atom is -0.458 e. The lowest BCUT2D eigenvalue weighted by molar-refractivity contribution is 0.0539. The number of rotatable bonds is 9. The lowest BCUT2D eigenvalue weighted by atomic mass is 10.0. The van der Waals surface area contributed by atoms with E-state index in [2.05, 4.69) is 13.0 Å². The third-order valence-electron chi connectivity index (χ3n) is 4.31. The molecule has 0 heterocycles. The van der Waals surface area contributed by atoms with E-state index in [0.717, 1.165) is 18.4 Å². The summed E-state index contributed by atoms with van der Waals surface area (Å²) in [6.07, 6.45) is 5.89. The lowest BCUT2D eigenvalue weighted by Gasteiger charge is -2.07. The van der Waals surface area contributed by atoms with E-state index >= 15 is 0 Å². The summed E-state index contributed by atoms with van der Waals surface area (Å²) in [5.41, 5.74) is 3.84. The van der Waals surface area contributed by atoms with E-state index < -0.39 is 5.97 Å². The van der Waals surface area contributed by atoms with Crippen LogP contribution in [0.2, 0.25) is 0 Å². The first-order chi connectivity index (χ1) is 13.5. The largest absolute Gasteiger partial charge is 0.458 e. The van der Waals surface area contributed by atoms with E-state index in [-0.39, 0.29) is 12.4 Å². The molecule has 2 rings (SSSR count). The Morgan fingerprint density at radius 2 is 1.46 bits per heavy atom. The molecular weight excluding hydrogens is 372 g/mol. The van der Waals surface area contributed by atoms with Gasteiger partial charge >= 0.3 is 5.97 Å². The topological polar surface area (TPSA) is 43.4 Å². The molecule has 0 aromatic heterocycles. The number of esters is 1.